The molecule has 0 saturated heterocycles. The number of fused-ring (bicyclic) bond motifs is 4. The zero-order valence-corrected chi connectivity index (χ0v) is 18.9. The van der Waals surface area contributed by atoms with E-state index in [4.69, 9.17) is 41.8 Å². The fourth-order valence-corrected chi connectivity index (χ4v) is 4.62. The van der Waals surface area contributed by atoms with Crippen LogP contribution in [0.15, 0.2) is 69.9 Å². The van der Waals surface area contributed by atoms with Gasteiger partial charge in [-0.05, 0) is 48.0 Å². The van der Waals surface area contributed by atoms with Crippen molar-refractivity contribution < 1.29 is 23.4 Å². The number of amides is 1. The van der Waals surface area contributed by atoms with Crippen molar-refractivity contribution in [1.82, 2.24) is 0 Å². The van der Waals surface area contributed by atoms with Gasteiger partial charge in [0.05, 0.1) is 26.9 Å². The van der Waals surface area contributed by atoms with Crippen LogP contribution in [0.4, 0.5) is 5.69 Å². The van der Waals surface area contributed by atoms with Crippen molar-refractivity contribution in [2.24, 2.45) is 0 Å². The van der Waals surface area contributed by atoms with Crippen LogP contribution in [0.25, 0.3) is 11.0 Å². The molecule has 34 heavy (non-hydrogen) atoms. The molecule has 9 heteroatoms. The molecule has 4 aromatic rings. The Balaban J connectivity index is 1.47. The zero-order valence-electron chi connectivity index (χ0n) is 17.3. The third kappa shape index (κ3) is 3.36. The van der Waals surface area contributed by atoms with Crippen molar-refractivity contribution in [1.29, 1.82) is 0 Å². The zero-order chi connectivity index (χ0) is 23.4. The summed E-state index contributed by atoms with van der Waals surface area (Å²) in [6.45, 7) is 0.102. The standard InChI is InChI=1S/C25H15Cl2NO6/c26-15-7-6-13(10-16(15)27)28-24(29)23-20(12-5-8-18-19(9-12)32-11-31-18)21-22(34-23)14-3-1-2-4-17(14)33-25(21)30/h1-10,20,23H,11H2,(H,28,29). The molecular formula is C25H15Cl2NO6. The predicted molar refractivity (Wildman–Crippen MR) is 126 cm³/mol. The van der Waals surface area contributed by atoms with E-state index in [0.29, 0.717) is 49.5 Å². The van der Waals surface area contributed by atoms with Gasteiger partial charge in [0, 0.05) is 5.69 Å². The molecule has 0 saturated carbocycles. The van der Waals surface area contributed by atoms with Gasteiger partial charge in [-0.3, -0.25) is 4.79 Å². The highest BCUT2D eigenvalue weighted by molar-refractivity contribution is 6.42. The maximum atomic E-state index is 13.4. The Labute approximate surface area is 202 Å². The van der Waals surface area contributed by atoms with Crippen molar-refractivity contribution in [2.75, 3.05) is 12.1 Å². The van der Waals surface area contributed by atoms with Gasteiger partial charge in [-0.25, -0.2) is 4.79 Å². The maximum Gasteiger partial charge on any atom is 0.344 e. The molecule has 0 aliphatic carbocycles. The summed E-state index contributed by atoms with van der Waals surface area (Å²) in [5.41, 5.74) is 1.18. The van der Waals surface area contributed by atoms with E-state index in [-0.39, 0.29) is 12.4 Å². The predicted octanol–water partition coefficient (Wildman–Crippen LogP) is 5.36. The highest BCUT2D eigenvalue weighted by Crippen LogP contribution is 2.46. The normalized spacial score (nSPS) is 17.9. The van der Waals surface area contributed by atoms with Gasteiger partial charge < -0.3 is 23.9 Å². The largest absolute Gasteiger partial charge is 0.478 e. The lowest BCUT2D eigenvalue weighted by Crippen LogP contribution is -2.35. The average Bonchev–Trinajstić information content (AvgIpc) is 3.46. The Morgan fingerprint density at radius 3 is 2.62 bits per heavy atom. The van der Waals surface area contributed by atoms with Crippen LogP contribution in [0.2, 0.25) is 10.0 Å². The molecule has 1 N–H and O–H groups in total. The molecule has 0 spiro atoms. The lowest BCUT2D eigenvalue weighted by atomic mass is 9.88. The van der Waals surface area contributed by atoms with Gasteiger partial charge >= 0.3 is 5.63 Å². The van der Waals surface area contributed by atoms with Gasteiger partial charge in [0.25, 0.3) is 5.91 Å². The van der Waals surface area contributed by atoms with E-state index >= 15 is 0 Å². The van der Waals surface area contributed by atoms with E-state index in [1.807, 2.05) is 6.07 Å². The SMILES string of the molecule is O=C(Nc1ccc(Cl)c(Cl)c1)C1Oc2c(c(=O)oc3ccccc23)C1c1ccc2c(c1)OCO2. The molecule has 2 atom stereocenters. The first-order valence-electron chi connectivity index (χ1n) is 10.4. The summed E-state index contributed by atoms with van der Waals surface area (Å²) in [6, 6.07) is 17.1. The summed E-state index contributed by atoms with van der Waals surface area (Å²) >= 11 is 12.1. The summed E-state index contributed by atoms with van der Waals surface area (Å²) < 4.78 is 22.7. The molecule has 1 amide bonds. The molecule has 2 aliphatic rings. The average molecular weight is 496 g/mol. The van der Waals surface area contributed by atoms with Crippen LogP contribution in [-0.4, -0.2) is 18.8 Å². The van der Waals surface area contributed by atoms with Crippen LogP contribution in [0.5, 0.6) is 17.2 Å². The second kappa shape index (κ2) is 7.97. The van der Waals surface area contributed by atoms with Gasteiger partial charge in [-0.1, -0.05) is 41.4 Å². The van der Waals surface area contributed by atoms with E-state index in [0.717, 1.165) is 0 Å². The van der Waals surface area contributed by atoms with Gasteiger partial charge in [0.15, 0.2) is 17.6 Å². The van der Waals surface area contributed by atoms with Gasteiger partial charge in [-0.2, -0.15) is 0 Å². The molecule has 1 aromatic heterocycles. The first kappa shape index (κ1) is 20.9. The third-order valence-electron chi connectivity index (χ3n) is 5.86. The van der Waals surface area contributed by atoms with Crippen LogP contribution in [0.1, 0.15) is 17.0 Å². The number of benzene rings is 3. The first-order valence-corrected chi connectivity index (χ1v) is 11.1. The molecule has 0 bridgehead atoms. The van der Waals surface area contributed by atoms with Crippen molar-refractivity contribution >= 4 is 45.8 Å². The van der Waals surface area contributed by atoms with Gasteiger partial charge in [0.2, 0.25) is 6.79 Å². The van der Waals surface area contributed by atoms with E-state index in [1.54, 1.807) is 54.6 Å². The van der Waals surface area contributed by atoms with Crippen LogP contribution in [-0.2, 0) is 4.79 Å². The van der Waals surface area contributed by atoms with Crippen LogP contribution in [0, 0.1) is 0 Å². The number of para-hydroxylation sites is 1. The second-order valence-corrected chi connectivity index (χ2v) is 8.69. The molecule has 6 rings (SSSR count). The molecule has 3 heterocycles. The monoisotopic (exact) mass is 495 g/mol. The molecule has 7 nitrogen and oxygen atoms in total. The number of carbonyl (C=O) groups excluding carboxylic acids is 1. The minimum Gasteiger partial charge on any atom is -0.478 e. The van der Waals surface area contributed by atoms with Gasteiger partial charge in [0.1, 0.15) is 11.3 Å². The summed E-state index contributed by atoms with van der Waals surface area (Å²) in [5, 5.41) is 4.08. The number of nitrogens with one attached hydrogen (secondary N) is 1. The summed E-state index contributed by atoms with van der Waals surface area (Å²) in [7, 11) is 0. The molecule has 0 fully saturated rings. The Morgan fingerprint density at radius 2 is 1.76 bits per heavy atom. The Hall–Kier alpha value is -3.68. The highest BCUT2D eigenvalue weighted by Gasteiger charge is 2.44. The van der Waals surface area contributed by atoms with Crippen LogP contribution < -0.4 is 25.2 Å². The van der Waals surface area contributed by atoms with Gasteiger partial charge in [-0.15, -0.1) is 0 Å². The summed E-state index contributed by atoms with van der Waals surface area (Å²) in [6.07, 6.45) is -1.06. The molecule has 3 aromatic carbocycles. The molecule has 2 unspecified atom stereocenters. The topological polar surface area (TPSA) is 87.0 Å². The quantitative estimate of drug-likeness (QED) is 0.385. The molecular weight excluding hydrogens is 481 g/mol. The number of carbonyl (C=O) groups is 1. The smallest absolute Gasteiger partial charge is 0.344 e. The first-order chi connectivity index (χ1) is 16.5. The molecule has 0 radical (unpaired) electrons. The Kier molecular flexibility index (Phi) is 4.90. The van der Waals surface area contributed by atoms with E-state index in [1.165, 1.54) is 0 Å². The minimum atomic E-state index is -1.06. The van der Waals surface area contributed by atoms with Crippen LogP contribution >= 0.6 is 23.2 Å². The number of halogens is 2. The lowest BCUT2D eigenvalue weighted by molar-refractivity contribution is -0.122. The third-order valence-corrected chi connectivity index (χ3v) is 6.60. The number of hydrogen-bond donors (Lipinski definition) is 1. The Morgan fingerprint density at radius 1 is 0.941 bits per heavy atom. The summed E-state index contributed by atoms with van der Waals surface area (Å²) in [5.74, 6) is 0.239. The second-order valence-electron chi connectivity index (χ2n) is 7.88. The van der Waals surface area contributed by atoms with Crippen molar-refractivity contribution in [3.63, 3.8) is 0 Å². The van der Waals surface area contributed by atoms with Crippen molar-refractivity contribution in [2.45, 2.75) is 12.0 Å². The number of ether oxygens (including phenoxy) is 3. The van der Waals surface area contributed by atoms with E-state index in [2.05, 4.69) is 5.32 Å². The number of hydrogen-bond acceptors (Lipinski definition) is 6. The van der Waals surface area contributed by atoms with E-state index in [9.17, 15) is 9.59 Å². The molecule has 170 valence electrons. The van der Waals surface area contributed by atoms with Crippen molar-refractivity contribution in [3.05, 3.63) is 92.3 Å². The fraction of sp³-hybridized carbons (Fsp3) is 0.120. The minimum absolute atomic E-state index is 0.102. The molecule has 2 aliphatic heterocycles. The number of anilines is 1. The summed E-state index contributed by atoms with van der Waals surface area (Å²) in [4.78, 5) is 26.5. The van der Waals surface area contributed by atoms with Crippen LogP contribution in [0.3, 0.4) is 0 Å². The lowest BCUT2D eigenvalue weighted by Gasteiger charge is -2.19. The Bertz CT molecular complexity index is 1530. The number of rotatable bonds is 3. The van der Waals surface area contributed by atoms with Crippen molar-refractivity contribution in [3.8, 4) is 17.2 Å². The fourth-order valence-electron chi connectivity index (χ4n) is 4.32. The highest BCUT2D eigenvalue weighted by atomic mass is 35.5. The maximum absolute atomic E-state index is 13.4. The van der Waals surface area contributed by atoms with E-state index < -0.39 is 23.6 Å².